The second-order valence-electron chi connectivity index (χ2n) is 3.33. The maximum atomic E-state index is 10.6. The van der Waals surface area contributed by atoms with Crippen molar-refractivity contribution in [3.05, 3.63) is 27.2 Å². The van der Waals surface area contributed by atoms with E-state index in [1.807, 2.05) is 12.3 Å². The summed E-state index contributed by atoms with van der Waals surface area (Å²) in [5.41, 5.74) is 3.66. The van der Waals surface area contributed by atoms with Crippen LogP contribution in [0.1, 0.15) is 16.3 Å². The van der Waals surface area contributed by atoms with Crippen LogP contribution in [0.4, 0.5) is 0 Å². The largest absolute Gasteiger partial charge is 0.481 e. The number of rotatable bonds is 5. The van der Waals surface area contributed by atoms with Gasteiger partial charge in [-0.1, -0.05) is 11.8 Å². The van der Waals surface area contributed by atoms with Crippen molar-refractivity contribution in [2.24, 2.45) is 0 Å². The number of nitrogens with zero attached hydrogens (tertiary/aromatic N) is 2. The van der Waals surface area contributed by atoms with E-state index in [0.717, 1.165) is 26.4 Å². The van der Waals surface area contributed by atoms with Crippen molar-refractivity contribution in [1.29, 1.82) is 0 Å². The topological polar surface area (TPSA) is 63.1 Å². The van der Waals surface area contributed by atoms with Crippen LogP contribution in [-0.4, -0.2) is 21.0 Å². The molecule has 2 rings (SSSR count). The Labute approximate surface area is 111 Å². The smallest absolute Gasteiger partial charge is 0.308 e. The van der Waals surface area contributed by atoms with E-state index < -0.39 is 5.97 Å². The molecule has 1 N–H and O–H groups in total. The molecule has 0 aliphatic rings. The molecule has 0 aromatic carbocycles. The first-order valence-electron chi connectivity index (χ1n) is 4.83. The van der Waals surface area contributed by atoms with Gasteiger partial charge >= 0.3 is 5.97 Å². The van der Waals surface area contributed by atoms with Gasteiger partial charge in [-0.05, 0) is 6.92 Å². The van der Waals surface area contributed by atoms with Crippen LogP contribution in [0.15, 0.2) is 15.2 Å². The van der Waals surface area contributed by atoms with E-state index in [0.29, 0.717) is 0 Å². The Bertz CT molecular complexity index is 508. The zero-order chi connectivity index (χ0) is 12.3. The van der Waals surface area contributed by atoms with Crippen molar-refractivity contribution in [3.63, 3.8) is 0 Å². The molecule has 2 aromatic heterocycles. The highest BCUT2D eigenvalue weighted by molar-refractivity contribution is 8.00. The van der Waals surface area contributed by atoms with Crippen LogP contribution in [0.3, 0.4) is 0 Å². The second-order valence-corrected chi connectivity index (χ2v) is 6.35. The molecule has 0 amide bonds. The van der Waals surface area contributed by atoms with Gasteiger partial charge in [0.05, 0.1) is 23.3 Å². The quantitative estimate of drug-likeness (QED) is 0.856. The molecule has 90 valence electrons. The van der Waals surface area contributed by atoms with Crippen molar-refractivity contribution in [2.75, 3.05) is 0 Å². The molecule has 0 saturated carbocycles. The van der Waals surface area contributed by atoms with E-state index in [9.17, 15) is 4.79 Å². The zero-order valence-electron chi connectivity index (χ0n) is 9.04. The summed E-state index contributed by atoms with van der Waals surface area (Å²) in [7, 11) is 0. The number of aromatic nitrogens is 2. The summed E-state index contributed by atoms with van der Waals surface area (Å²) in [5, 5.41) is 10.7. The molecule has 0 spiro atoms. The Morgan fingerprint density at radius 2 is 2.41 bits per heavy atom. The minimum Gasteiger partial charge on any atom is -0.481 e. The van der Waals surface area contributed by atoms with Crippen molar-refractivity contribution < 1.29 is 9.90 Å². The van der Waals surface area contributed by atoms with Gasteiger partial charge in [-0.15, -0.1) is 22.7 Å². The molecule has 0 aliphatic carbocycles. The fourth-order valence-electron chi connectivity index (χ4n) is 1.21. The predicted octanol–water partition coefficient (Wildman–Crippen LogP) is 2.83. The molecule has 0 radical (unpaired) electrons. The van der Waals surface area contributed by atoms with Crippen molar-refractivity contribution in [3.8, 4) is 0 Å². The number of thioether (sulfide) groups is 1. The highest BCUT2D eigenvalue weighted by atomic mass is 32.2. The van der Waals surface area contributed by atoms with Crippen LogP contribution < -0.4 is 0 Å². The highest BCUT2D eigenvalue weighted by Crippen LogP contribution is 2.29. The summed E-state index contributed by atoms with van der Waals surface area (Å²) in [6.45, 7) is 1.85. The average Bonchev–Trinajstić information content (AvgIpc) is 2.86. The minimum absolute atomic E-state index is 0.0563. The molecule has 0 atom stereocenters. The molecule has 4 nitrogen and oxygen atoms in total. The van der Waals surface area contributed by atoms with Gasteiger partial charge in [0.25, 0.3) is 0 Å². The maximum absolute atomic E-state index is 10.6. The van der Waals surface area contributed by atoms with E-state index in [2.05, 4.69) is 9.97 Å². The highest BCUT2D eigenvalue weighted by Gasteiger charge is 2.11. The summed E-state index contributed by atoms with van der Waals surface area (Å²) in [6.07, 6.45) is 0.0563. The molecule has 0 aliphatic heterocycles. The number of aliphatic carboxylic acids is 1. The van der Waals surface area contributed by atoms with Crippen LogP contribution in [0, 0.1) is 6.92 Å². The van der Waals surface area contributed by atoms with E-state index in [-0.39, 0.29) is 6.42 Å². The number of thiazole rings is 2. The molecule has 0 saturated heterocycles. The van der Waals surface area contributed by atoms with E-state index in [4.69, 9.17) is 5.11 Å². The summed E-state index contributed by atoms with van der Waals surface area (Å²) >= 11 is 4.63. The normalized spacial score (nSPS) is 10.6. The summed E-state index contributed by atoms with van der Waals surface area (Å²) in [5.74, 6) is -0.0315. The second kappa shape index (κ2) is 5.61. The summed E-state index contributed by atoms with van der Waals surface area (Å²) < 4.78 is 0.909. The lowest BCUT2D eigenvalue weighted by atomic mass is 10.3. The maximum Gasteiger partial charge on any atom is 0.308 e. The van der Waals surface area contributed by atoms with Crippen LogP contribution in [0.2, 0.25) is 0 Å². The van der Waals surface area contributed by atoms with Crippen LogP contribution in [-0.2, 0) is 17.0 Å². The van der Waals surface area contributed by atoms with E-state index in [1.54, 1.807) is 28.6 Å². The van der Waals surface area contributed by atoms with Crippen LogP contribution in [0.5, 0.6) is 0 Å². The Morgan fingerprint density at radius 1 is 1.59 bits per heavy atom. The molecule has 0 fully saturated rings. The molecule has 2 heterocycles. The first kappa shape index (κ1) is 12.5. The number of aryl methyl sites for hydroxylation is 1. The average molecular weight is 286 g/mol. The monoisotopic (exact) mass is 286 g/mol. The molecule has 7 heteroatoms. The number of carboxylic acids is 1. The van der Waals surface area contributed by atoms with Gasteiger partial charge < -0.3 is 5.11 Å². The van der Waals surface area contributed by atoms with Crippen LogP contribution >= 0.6 is 34.4 Å². The third-order valence-electron chi connectivity index (χ3n) is 2.01. The minimum atomic E-state index is -0.812. The number of hydrogen-bond donors (Lipinski definition) is 1. The van der Waals surface area contributed by atoms with Gasteiger partial charge in [0.1, 0.15) is 0 Å². The predicted molar refractivity (Wildman–Crippen MR) is 69.9 cm³/mol. The van der Waals surface area contributed by atoms with Gasteiger partial charge in [0, 0.05) is 16.0 Å². The van der Waals surface area contributed by atoms with Crippen molar-refractivity contribution in [2.45, 2.75) is 23.4 Å². The van der Waals surface area contributed by atoms with Gasteiger partial charge in [0.2, 0.25) is 0 Å². The Balaban J connectivity index is 1.99. The SMILES string of the molecule is Cc1nc(SCc2cscn2)sc1CC(=O)O. The number of carboxylic acid groups (broad SMARTS) is 1. The first-order valence-corrected chi connectivity index (χ1v) is 7.57. The fourth-order valence-corrected chi connectivity index (χ4v) is 4.00. The third kappa shape index (κ3) is 3.52. The van der Waals surface area contributed by atoms with Gasteiger partial charge in [-0.2, -0.15) is 0 Å². The Kier molecular flexibility index (Phi) is 4.14. The molecule has 2 aromatic rings. The lowest BCUT2D eigenvalue weighted by Gasteiger charge is -1.92. The van der Waals surface area contributed by atoms with Gasteiger partial charge in [-0.25, -0.2) is 9.97 Å². The standard InChI is InChI=1S/C10H10N2O2S3/c1-6-8(2-9(13)14)17-10(12-6)16-4-7-3-15-5-11-7/h3,5H,2,4H2,1H3,(H,13,14). The molecule has 0 bridgehead atoms. The Hall–Kier alpha value is -0.920. The summed E-state index contributed by atoms with van der Waals surface area (Å²) in [4.78, 5) is 20.0. The number of carbonyl (C=O) groups is 1. The molecule has 0 unspecified atom stereocenters. The lowest BCUT2D eigenvalue weighted by Crippen LogP contribution is -1.99. The van der Waals surface area contributed by atoms with Gasteiger partial charge in [0.15, 0.2) is 4.34 Å². The third-order valence-corrected chi connectivity index (χ3v) is 4.98. The first-order chi connectivity index (χ1) is 8.15. The Morgan fingerprint density at radius 3 is 3.06 bits per heavy atom. The summed E-state index contributed by atoms with van der Waals surface area (Å²) in [6, 6.07) is 0. The molecular formula is C10H10N2O2S3. The van der Waals surface area contributed by atoms with Gasteiger partial charge in [-0.3, -0.25) is 4.79 Å². The number of hydrogen-bond acceptors (Lipinski definition) is 6. The van der Waals surface area contributed by atoms with Crippen LogP contribution in [0.25, 0.3) is 0 Å². The van der Waals surface area contributed by atoms with E-state index >= 15 is 0 Å². The zero-order valence-corrected chi connectivity index (χ0v) is 11.5. The van der Waals surface area contributed by atoms with E-state index in [1.165, 1.54) is 11.3 Å². The van der Waals surface area contributed by atoms with Crippen molar-refractivity contribution in [1.82, 2.24) is 9.97 Å². The lowest BCUT2D eigenvalue weighted by molar-refractivity contribution is -0.136. The molecule has 17 heavy (non-hydrogen) atoms. The van der Waals surface area contributed by atoms with Crippen molar-refractivity contribution >= 4 is 40.4 Å². The fraction of sp³-hybridized carbons (Fsp3) is 0.300. The molecular weight excluding hydrogens is 276 g/mol.